The number of aromatic nitrogens is 4. The van der Waals surface area contributed by atoms with Crippen LogP contribution in [0, 0.1) is 0 Å². The fraction of sp³-hybridized carbons (Fsp3) is 0.174. The minimum absolute atomic E-state index is 0.146. The van der Waals surface area contributed by atoms with Crippen molar-refractivity contribution in [2.45, 2.75) is 16.5 Å². The van der Waals surface area contributed by atoms with Crippen molar-refractivity contribution in [2.75, 3.05) is 30.9 Å². The number of rotatable bonds is 6. The van der Waals surface area contributed by atoms with Gasteiger partial charge in [0.25, 0.3) is 0 Å². The fourth-order valence-corrected chi connectivity index (χ4v) is 5.87. The molecule has 8 nitrogen and oxygen atoms in total. The smallest absolute Gasteiger partial charge is 0.229 e. The highest BCUT2D eigenvalue weighted by atomic mass is 32.2. The Hall–Kier alpha value is -3.50. The standard InChI is InChI=1S/C23H22N6O2S2/c1-27(2)17-11-9-16(10-12-17)15-28(3)21-20-19(13-14-32-20)29-22(24-21)23(25-26-29)33(30,31)18-7-5-4-6-8-18/h4-14H,15H2,1-3H3. The Kier molecular flexibility index (Phi) is 5.26. The number of anilines is 2. The molecule has 0 N–H and O–H groups in total. The van der Waals surface area contributed by atoms with Crippen molar-refractivity contribution in [3.63, 3.8) is 0 Å². The predicted molar refractivity (Wildman–Crippen MR) is 131 cm³/mol. The van der Waals surface area contributed by atoms with E-state index in [9.17, 15) is 8.42 Å². The molecule has 0 saturated carbocycles. The van der Waals surface area contributed by atoms with Gasteiger partial charge in [-0.2, -0.15) is 4.52 Å². The van der Waals surface area contributed by atoms with Gasteiger partial charge in [0.05, 0.1) is 15.1 Å². The topological polar surface area (TPSA) is 83.7 Å². The Morgan fingerprint density at radius 1 is 0.970 bits per heavy atom. The number of fused-ring (bicyclic) bond motifs is 3. The summed E-state index contributed by atoms with van der Waals surface area (Å²) >= 11 is 1.54. The summed E-state index contributed by atoms with van der Waals surface area (Å²) in [7, 11) is 2.10. The molecule has 3 aromatic heterocycles. The quantitative estimate of drug-likeness (QED) is 0.366. The van der Waals surface area contributed by atoms with Gasteiger partial charge in [0, 0.05) is 33.4 Å². The summed E-state index contributed by atoms with van der Waals surface area (Å²) < 4.78 is 29.0. The van der Waals surface area contributed by atoms with Crippen LogP contribution in [0.4, 0.5) is 11.5 Å². The van der Waals surface area contributed by atoms with Gasteiger partial charge in [0.1, 0.15) is 0 Å². The second-order valence-corrected chi connectivity index (χ2v) is 10.7. The summed E-state index contributed by atoms with van der Waals surface area (Å²) in [4.78, 5) is 9.00. The summed E-state index contributed by atoms with van der Waals surface area (Å²) in [6.45, 7) is 0.617. The highest BCUT2D eigenvalue weighted by Crippen LogP contribution is 2.33. The third-order valence-corrected chi connectivity index (χ3v) is 8.01. The van der Waals surface area contributed by atoms with Crippen LogP contribution in [0.2, 0.25) is 0 Å². The molecule has 2 aromatic carbocycles. The molecule has 10 heteroatoms. The molecule has 0 aliphatic carbocycles. The molecule has 3 heterocycles. The molecule has 0 atom stereocenters. The van der Waals surface area contributed by atoms with E-state index in [0.717, 1.165) is 21.5 Å². The average Bonchev–Trinajstić information content (AvgIpc) is 3.46. The van der Waals surface area contributed by atoms with E-state index in [1.54, 1.807) is 30.3 Å². The summed E-state index contributed by atoms with van der Waals surface area (Å²) in [5.41, 5.74) is 3.24. The van der Waals surface area contributed by atoms with E-state index >= 15 is 0 Å². The monoisotopic (exact) mass is 478 g/mol. The van der Waals surface area contributed by atoms with Crippen molar-refractivity contribution in [1.82, 2.24) is 19.8 Å². The number of benzene rings is 2. The van der Waals surface area contributed by atoms with Gasteiger partial charge in [-0.15, -0.1) is 16.4 Å². The van der Waals surface area contributed by atoms with Crippen LogP contribution in [0.5, 0.6) is 0 Å². The number of nitrogens with zero attached hydrogens (tertiary/aromatic N) is 6. The maximum absolute atomic E-state index is 13.3. The second-order valence-electron chi connectivity index (χ2n) is 7.93. The average molecular weight is 479 g/mol. The first-order valence-corrected chi connectivity index (χ1v) is 12.6. The van der Waals surface area contributed by atoms with Crippen molar-refractivity contribution in [3.8, 4) is 0 Å². The van der Waals surface area contributed by atoms with E-state index in [0.29, 0.717) is 12.4 Å². The van der Waals surface area contributed by atoms with Crippen molar-refractivity contribution < 1.29 is 8.42 Å². The van der Waals surface area contributed by atoms with Crippen LogP contribution in [-0.2, 0) is 16.4 Å². The normalized spacial score (nSPS) is 11.8. The third-order valence-electron chi connectivity index (χ3n) is 5.45. The molecular weight excluding hydrogens is 456 g/mol. The molecule has 0 radical (unpaired) electrons. The zero-order valence-corrected chi connectivity index (χ0v) is 20.0. The molecule has 168 valence electrons. The van der Waals surface area contributed by atoms with Crippen LogP contribution in [0.25, 0.3) is 15.9 Å². The van der Waals surface area contributed by atoms with Crippen molar-refractivity contribution in [2.24, 2.45) is 0 Å². The SMILES string of the molecule is CN(C)c1ccc(CN(C)c2nc3c(S(=O)(=O)c4ccccc4)nnn3c3ccsc23)cc1. The highest BCUT2D eigenvalue weighted by molar-refractivity contribution is 7.91. The molecule has 0 bridgehead atoms. The Morgan fingerprint density at radius 3 is 2.39 bits per heavy atom. The van der Waals surface area contributed by atoms with E-state index in [1.807, 2.05) is 37.5 Å². The van der Waals surface area contributed by atoms with Gasteiger partial charge in [0.15, 0.2) is 11.5 Å². The Balaban J connectivity index is 1.60. The van der Waals surface area contributed by atoms with Crippen LogP contribution in [0.15, 0.2) is 76.0 Å². The van der Waals surface area contributed by atoms with Crippen molar-refractivity contribution >= 4 is 48.5 Å². The summed E-state index contributed by atoms with van der Waals surface area (Å²) in [6, 6.07) is 18.5. The predicted octanol–water partition coefficient (Wildman–Crippen LogP) is 3.87. The second kappa shape index (κ2) is 8.13. The Labute approximate surface area is 195 Å². The molecule has 33 heavy (non-hydrogen) atoms. The molecule has 0 spiro atoms. The molecular formula is C23H22N6O2S2. The molecule has 0 unspecified atom stereocenters. The van der Waals surface area contributed by atoms with Gasteiger partial charge in [-0.1, -0.05) is 35.5 Å². The third kappa shape index (κ3) is 3.70. The van der Waals surface area contributed by atoms with Gasteiger partial charge in [0.2, 0.25) is 14.9 Å². The van der Waals surface area contributed by atoms with Crippen LogP contribution < -0.4 is 9.80 Å². The van der Waals surface area contributed by atoms with E-state index in [2.05, 4.69) is 39.5 Å². The zero-order chi connectivity index (χ0) is 23.2. The van der Waals surface area contributed by atoms with Crippen LogP contribution in [0.1, 0.15) is 5.56 Å². The lowest BCUT2D eigenvalue weighted by atomic mass is 10.2. The number of hydrogen-bond donors (Lipinski definition) is 0. The summed E-state index contributed by atoms with van der Waals surface area (Å²) in [5.74, 6) is 0.691. The maximum Gasteiger partial charge on any atom is 0.229 e. The lowest BCUT2D eigenvalue weighted by Crippen LogP contribution is -2.19. The molecule has 0 saturated heterocycles. The number of thiophene rings is 1. The Bertz CT molecular complexity index is 1540. The number of sulfone groups is 1. The zero-order valence-electron chi connectivity index (χ0n) is 18.4. The first-order valence-electron chi connectivity index (χ1n) is 10.3. The summed E-state index contributed by atoms with van der Waals surface area (Å²) in [5, 5.41) is 9.96. The maximum atomic E-state index is 13.3. The van der Waals surface area contributed by atoms with Crippen molar-refractivity contribution in [3.05, 3.63) is 71.6 Å². The van der Waals surface area contributed by atoms with Crippen LogP contribution in [0.3, 0.4) is 0 Å². The van der Waals surface area contributed by atoms with E-state index in [4.69, 9.17) is 4.98 Å². The Morgan fingerprint density at radius 2 is 1.70 bits per heavy atom. The lowest BCUT2D eigenvalue weighted by Gasteiger charge is -2.20. The first kappa shape index (κ1) is 21.4. The minimum atomic E-state index is -3.86. The first-order chi connectivity index (χ1) is 15.9. The highest BCUT2D eigenvalue weighted by Gasteiger charge is 2.27. The molecule has 0 amide bonds. The summed E-state index contributed by atoms with van der Waals surface area (Å²) in [6.07, 6.45) is 0. The molecule has 0 aliphatic rings. The minimum Gasteiger partial charge on any atom is -0.378 e. The van der Waals surface area contributed by atoms with E-state index < -0.39 is 9.84 Å². The van der Waals surface area contributed by atoms with Gasteiger partial charge < -0.3 is 9.80 Å². The van der Waals surface area contributed by atoms with Crippen molar-refractivity contribution in [1.29, 1.82) is 0 Å². The van der Waals surface area contributed by atoms with Crippen LogP contribution >= 0.6 is 11.3 Å². The van der Waals surface area contributed by atoms with Gasteiger partial charge in [-0.05, 0) is 41.3 Å². The largest absolute Gasteiger partial charge is 0.378 e. The number of hydrogen-bond acceptors (Lipinski definition) is 8. The fourth-order valence-electron chi connectivity index (χ4n) is 3.70. The molecule has 5 rings (SSSR count). The molecule has 0 aliphatic heterocycles. The van der Waals surface area contributed by atoms with Gasteiger partial charge in [-0.25, -0.2) is 13.4 Å². The van der Waals surface area contributed by atoms with Gasteiger partial charge in [-0.3, -0.25) is 0 Å². The molecule has 5 aromatic rings. The molecule has 0 fully saturated rings. The van der Waals surface area contributed by atoms with Gasteiger partial charge >= 0.3 is 0 Å². The lowest BCUT2D eigenvalue weighted by molar-refractivity contribution is 0.592. The van der Waals surface area contributed by atoms with E-state index in [1.165, 1.54) is 15.9 Å². The van der Waals surface area contributed by atoms with Crippen LogP contribution in [-0.4, -0.2) is 49.4 Å². The van der Waals surface area contributed by atoms with E-state index in [-0.39, 0.29) is 15.6 Å².